The van der Waals surface area contributed by atoms with Crippen LogP contribution in [-0.4, -0.2) is 30.5 Å². The van der Waals surface area contributed by atoms with Gasteiger partial charge in [0.25, 0.3) is 5.91 Å². The molecule has 0 spiro atoms. The number of nitrogens with zero attached hydrogens (tertiary/aromatic N) is 1. The van der Waals surface area contributed by atoms with E-state index >= 15 is 0 Å². The summed E-state index contributed by atoms with van der Waals surface area (Å²) in [5.74, 6) is -0.0323. The van der Waals surface area contributed by atoms with Gasteiger partial charge in [0.1, 0.15) is 0 Å². The van der Waals surface area contributed by atoms with Gasteiger partial charge in [0.2, 0.25) is 0 Å². The first-order valence-electron chi connectivity index (χ1n) is 6.65. The first-order valence-corrected chi connectivity index (χ1v) is 6.65. The predicted octanol–water partition coefficient (Wildman–Crippen LogP) is 1.96. The summed E-state index contributed by atoms with van der Waals surface area (Å²) in [6.45, 7) is 4.64. The van der Waals surface area contributed by atoms with Crippen molar-refractivity contribution >= 4 is 16.8 Å². The molecule has 0 unspecified atom stereocenters. The number of para-hydroxylation sites is 1. The Balaban J connectivity index is 2.01. The average molecular weight is 257 g/mol. The van der Waals surface area contributed by atoms with E-state index in [1.807, 2.05) is 24.3 Å². The Kier molecular flexibility index (Phi) is 4.86. The van der Waals surface area contributed by atoms with Crippen LogP contribution in [0.3, 0.4) is 0 Å². The van der Waals surface area contributed by atoms with Crippen LogP contribution in [0.25, 0.3) is 10.9 Å². The number of pyridine rings is 1. The molecule has 1 amide bonds. The van der Waals surface area contributed by atoms with Gasteiger partial charge >= 0.3 is 0 Å². The molecule has 1 aromatic carbocycles. The van der Waals surface area contributed by atoms with Crippen molar-refractivity contribution in [2.75, 3.05) is 19.6 Å². The largest absolute Gasteiger partial charge is 0.352 e. The third kappa shape index (κ3) is 3.51. The second-order valence-corrected chi connectivity index (χ2v) is 4.34. The van der Waals surface area contributed by atoms with Crippen molar-refractivity contribution in [2.24, 2.45) is 0 Å². The van der Waals surface area contributed by atoms with Crippen LogP contribution in [0.2, 0.25) is 0 Å². The predicted molar refractivity (Wildman–Crippen MR) is 77.2 cm³/mol. The van der Waals surface area contributed by atoms with Gasteiger partial charge in [-0.3, -0.25) is 9.78 Å². The number of hydrogen-bond donors (Lipinski definition) is 2. The zero-order valence-corrected chi connectivity index (χ0v) is 11.1. The van der Waals surface area contributed by atoms with Gasteiger partial charge in [0, 0.05) is 18.1 Å². The van der Waals surface area contributed by atoms with Crippen LogP contribution < -0.4 is 10.6 Å². The number of fused-ring (bicyclic) bond motifs is 1. The van der Waals surface area contributed by atoms with E-state index in [0.29, 0.717) is 12.1 Å². The monoisotopic (exact) mass is 257 g/mol. The number of carbonyl (C=O) groups is 1. The van der Waals surface area contributed by atoms with E-state index in [9.17, 15) is 4.79 Å². The zero-order chi connectivity index (χ0) is 13.5. The lowest BCUT2D eigenvalue weighted by Gasteiger charge is -2.07. The van der Waals surface area contributed by atoms with E-state index in [1.165, 1.54) is 0 Å². The molecule has 19 heavy (non-hydrogen) atoms. The molecule has 0 aliphatic rings. The Labute approximate surface area is 113 Å². The van der Waals surface area contributed by atoms with Crippen molar-refractivity contribution in [3.05, 3.63) is 42.1 Å². The number of aromatic nitrogens is 1. The van der Waals surface area contributed by atoms with Crippen LogP contribution in [-0.2, 0) is 0 Å². The van der Waals surface area contributed by atoms with Crippen molar-refractivity contribution < 1.29 is 4.79 Å². The Morgan fingerprint density at radius 2 is 2.05 bits per heavy atom. The third-order valence-electron chi connectivity index (χ3n) is 2.96. The van der Waals surface area contributed by atoms with Crippen molar-refractivity contribution in [2.45, 2.75) is 13.3 Å². The van der Waals surface area contributed by atoms with E-state index in [1.54, 1.807) is 12.3 Å². The normalized spacial score (nSPS) is 10.6. The maximum Gasteiger partial charge on any atom is 0.252 e. The minimum absolute atomic E-state index is 0.0323. The zero-order valence-electron chi connectivity index (χ0n) is 11.1. The number of hydrogen-bond acceptors (Lipinski definition) is 3. The minimum Gasteiger partial charge on any atom is -0.352 e. The number of benzene rings is 1. The molecule has 0 saturated heterocycles. The van der Waals surface area contributed by atoms with Gasteiger partial charge in [-0.15, -0.1) is 0 Å². The van der Waals surface area contributed by atoms with Gasteiger partial charge in [-0.1, -0.05) is 25.1 Å². The summed E-state index contributed by atoms with van der Waals surface area (Å²) in [4.78, 5) is 16.4. The van der Waals surface area contributed by atoms with E-state index in [-0.39, 0.29) is 5.91 Å². The summed E-state index contributed by atoms with van der Waals surface area (Å²) in [5.41, 5.74) is 1.54. The highest BCUT2D eigenvalue weighted by atomic mass is 16.1. The van der Waals surface area contributed by atoms with Crippen molar-refractivity contribution in [1.82, 2.24) is 15.6 Å². The molecule has 0 aliphatic heterocycles. The second-order valence-electron chi connectivity index (χ2n) is 4.34. The molecule has 2 aromatic rings. The van der Waals surface area contributed by atoms with Gasteiger partial charge in [0.05, 0.1) is 11.1 Å². The van der Waals surface area contributed by atoms with Gasteiger partial charge < -0.3 is 10.6 Å². The minimum atomic E-state index is -0.0323. The Morgan fingerprint density at radius 3 is 2.89 bits per heavy atom. The fraction of sp³-hybridized carbons (Fsp3) is 0.333. The molecule has 2 rings (SSSR count). The molecule has 0 saturated carbocycles. The van der Waals surface area contributed by atoms with Crippen LogP contribution in [0, 0.1) is 0 Å². The van der Waals surface area contributed by atoms with Gasteiger partial charge in [-0.2, -0.15) is 0 Å². The molecule has 0 atom stereocenters. The SMILES string of the molecule is CCNCCCNC(=O)c1ccnc2ccccc12. The third-order valence-corrected chi connectivity index (χ3v) is 2.96. The van der Waals surface area contributed by atoms with Crippen LogP contribution in [0.1, 0.15) is 23.7 Å². The lowest BCUT2D eigenvalue weighted by Crippen LogP contribution is -2.27. The van der Waals surface area contributed by atoms with Gasteiger partial charge in [0.15, 0.2) is 0 Å². The highest BCUT2D eigenvalue weighted by Gasteiger charge is 2.09. The fourth-order valence-corrected chi connectivity index (χ4v) is 1.98. The number of carbonyl (C=O) groups excluding carboxylic acids is 1. The number of rotatable bonds is 6. The van der Waals surface area contributed by atoms with Crippen LogP contribution in [0.5, 0.6) is 0 Å². The van der Waals surface area contributed by atoms with Gasteiger partial charge in [-0.25, -0.2) is 0 Å². The standard InChI is InChI=1S/C15H19N3O/c1-2-16-9-5-10-18-15(19)13-8-11-17-14-7-4-3-6-12(13)14/h3-4,6-8,11,16H,2,5,9-10H2,1H3,(H,18,19). The first-order chi connectivity index (χ1) is 9.33. The fourth-order valence-electron chi connectivity index (χ4n) is 1.98. The summed E-state index contributed by atoms with van der Waals surface area (Å²) in [7, 11) is 0. The molecule has 0 radical (unpaired) electrons. The summed E-state index contributed by atoms with van der Waals surface area (Å²) < 4.78 is 0. The molecule has 0 bridgehead atoms. The lowest BCUT2D eigenvalue weighted by atomic mass is 10.1. The summed E-state index contributed by atoms with van der Waals surface area (Å²) in [5, 5.41) is 7.07. The molecule has 0 aliphatic carbocycles. The van der Waals surface area contributed by atoms with E-state index in [0.717, 1.165) is 30.4 Å². The van der Waals surface area contributed by atoms with Crippen molar-refractivity contribution in [1.29, 1.82) is 0 Å². The summed E-state index contributed by atoms with van der Waals surface area (Å²) in [6.07, 6.45) is 2.61. The number of amides is 1. The topological polar surface area (TPSA) is 54.0 Å². The lowest BCUT2D eigenvalue weighted by molar-refractivity contribution is 0.0955. The molecule has 2 N–H and O–H groups in total. The molecule has 1 aromatic heterocycles. The molecular weight excluding hydrogens is 238 g/mol. The molecule has 100 valence electrons. The molecule has 4 heteroatoms. The van der Waals surface area contributed by atoms with Crippen LogP contribution in [0.4, 0.5) is 0 Å². The van der Waals surface area contributed by atoms with E-state index in [2.05, 4.69) is 22.5 Å². The van der Waals surface area contributed by atoms with Crippen LogP contribution >= 0.6 is 0 Å². The molecule has 1 heterocycles. The Bertz CT molecular complexity index is 549. The molecule has 4 nitrogen and oxygen atoms in total. The van der Waals surface area contributed by atoms with Crippen molar-refractivity contribution in [3.8, 4) is 0 Å². The molecular formula is C15H19N3O. The maximum absolute atomic E-state index is 12.1. The highest BCUT2D eigenvalue weighted by Crippen LogP contribution is 2.15. The summed E-state index contributed by atoms with van der Waals surface area (Å²) >= 11 is 0. The molecule has 0 fully saturated rings. The number of nitrogens with one attached hydrogen (secondary N) is 2. The Morgan fingerprint density at radius 1 is 1.21 bits per heavy atom. The smallest absolute Gasteiger partial charge is 0.252 e. The quantitative estimate of drug-likeness (QED) is 0.778. The van der Waals surface area contributed by atoms with E-state index < -0.39 is 0 Å². The summed E-state index contributed by atoms with van der Waals surface area (Å²) in [6, 6.07) is 9.45. The second kappa shape index (κ2) is 6.85. The van der Waals surface area contributed by atoms with Crippen LogP contribution in [0.15, 0.2) is 36.5 Å². The van der Waals surface area contributed by atoms with Crippen molar-refractivity contribution in [3.63, 3.8) is 0 Å². The van der Waals surface area contributed by atoms with Gasteiger partial charge in [-0.05, 0) is 31.6 Å². The maximum atomic E-state index is 12.1. The highest BCUT2D eigenvalue weighted by molar-refractivity contribution is 6.05. The first kappa shape index (κ1) is 13.5. The average Bonchev–Trinajstić information content (AvgIpc) is 2.46. The Hall–Kier alpha value is -1.94. The van der Waals surface area contributed by atoms with E-state index in [4.69, 9.17) is 0 Å².